The number of rotatable bonds is 7. The molecule has 0 amide bonds. The van der Waals surface area contributed by atoms with E-state index in [1.165, 1.54) is 105 Å². The molecule has 372 valence electrons. The molecule has 3 heteroatoms. The van der Waals surface area contributed by atoms with Crippen LogP contribution in [-0.2, 0) is 5.41 Å². The molecule has 2 heterocycles. The highest BCUT2D eigenvalue weighted by Crippen LogP contribution is 2.65. The van der Waals surface area contributed by atoms with E-state index in [-0.39, 0.29) is 0 Å². The fraction of sp³-hybridized carbons (Fsp3) is 0.0130. The predicted molar refractivity (Wildman–Crippen MR) is 333 cm³/mol. The number of aromatic nitrogens is 1. The van der Waals surface area contributed by atoms with Gasteiger partial charge in [0.25, 0.3) is 0 Å². The molecule has 1 unspecified atom stereocenters. The van der Waals surface area contributed by atoms with Crippen LogP contribution >= 0.6 is 0 Å². The van der Waals surface area contributed by atoms with Gasteiger partial charge < -0.3 is 13.9 Å². The third-order valence-corrected chi connectivity index (χ3v) is 17.4. The first-order valence-electron chi connectivity index (χ1n) is 27.6. The van der Waals surface area contributed by atoms with Gasteiger partial charge in [-0.1, -0.05) is 218 Å². The quantitative estimate of drug-likeness (QED) is 0.159. The summed E-state index contributed by atoms with van der Waals surface area (Å²) in [7, 11) is 0. The molecule has 1 spiro atoms. The van der Waals surface area contributed by atoms with Gasteiger partial charge in [-0.2, -0.15) is 0 Å². The number of hydrogen-bond acceptors (Lipinski definition) is 2. The molecule has 3 nitrogen and oxygen atoms in total. The van der Waals surface area contributed by atoms with E-state index in [9.17, 15) is 0 Å². The van der Waals surface area contributed by atoms with Crippen LogP contribution in [0, 0.1) is 0 Å². The van der Waals surface area contributed by atoms with E-state index in [1.54, 1.807) is 0 Å². The van der Waals surface area contributed by atoms with Crippen molar-refractivity contribution in [2.45, 2.75) is 5.41 Å². The third kappa shape index (κ3) is 6.37. The minimum Gasteiger partial charge on any atom is -0.456 e. The Morgan fingerprint density at radius 3 is 1.49 bits per heavy atom. The van der Waals surface area contributed by atoms with Crippen molar-refractivity contribution in [2.75, 3.05) is 4.90 Å². The monoisotopic (exact) mass is 1020 g/mol. The lowest BCUT2D eigenvalue weighted by atomic mass is 9.70. The lowest BCUT2D eigenvalue weighted by Gasteiger charge is -2.30. The van der Waals surface area contributed by atoms with Crippen LogP contribution < -0.4 is 4.90 Å². The average molecular weight is 1020 g/mol. The number of fused-ring (bicyclic) bond motifs is 17. The maximum absolute atomic E-state index is 6.68. The van der Waals surface area contributed by atoms with E-state index in [2.05, 4.69) is 301 Å². The standard InChI is InChI=1S/C77H48N2O/c1-2-17-49(18-3-1)50-33-39-53(40-34-50)78(54-41-35-51(36-42-54)52-37-43-55(44-38-52)79-71-30-13-8-22-60(71)61-23-9-14-31-72(61)79)73-46-45-57(56-19-4-5-21-59(56)73)63-26-16-29-69-76(63)64-25-7-12-28-68(64)77(69)67-27-11-6-20-58(67)65-47-66-62-24-10-15-32-74(62)80-75(66)48-70(65)77/h1-48H. The average Bonchev–Trinajstić information content (AvgIpc) is 4.42. The zero-order valence-corrected chi connectivity index (χ0v) is 43.5. The van der Waals surface area contributed by atoms with Crippen LogP contribution in [0.25, 0.3) is 116 Å². The van der Waals surface area contributed by atoms with E-state index in [0.29, 0.717) is 0 Å². The minimum absolute atomic E-state index is 0.542. The summed E-state index contributed by atoms with van der Waals surface area (Å²) in [5.41, 5.74) is 25.5. The fourth-order valence-electron chi connectivity index (χ4n) is 14.0. The molecule has 0 saturated heterocycles. The molecule has 2 aliphatic carbocycles. The summed E-state index contributed by atoms with van der Waals surface area (Å²) in [6.07, 6.45) is 0. The summed E-state index contributed by atoms with van der Waals surface area (Å²) in [5, 5.41) is 7.19. The van der Waals surface area contributed by atoms with Crippen LogP contribution in [-0.4, -0.2) is 4.57 Å². The van der Waals surface area contributed by atoms with Crippen molar-refractivity contribution < 1.29 is 4.42 Å². The third-order valence-electron chi connectivity index (χ3n) is 17.4. The molecule has 13 aromatic carbocycles. The smallest absolute Gasteiger partial charge is 0.135 e. The van der Waals surface area contributed by atoms with Gasteiger partial charge in [0.15, 0.2) is 0 Å². The second-order valence-electron chi connectivity index (χ2n) is 21.5. The van der Waals surface area contributed by atoms with Crippen LogP contribution in [0.15, 0.2) is 296 Å². The van der Waals surface area contributed by atoms with Crippen molar-refractivity contribution in [1.29, 1.82) is 0 Å². The van der Waals surface area contributed by atoms with Crippen LogP contribution in [0.2, 0.25) is 0 Å². The van der Waals surface area contributed by atoms with Crippen molar-refractivity contribution in [3.63, 3.8) is 0 Å². The first-order chi connectivity index (χ1) is 39.7. The molecule has 0 radical (unpaired) electrons. The zero-order chi connectivity index (χ0) is 52.5. The molecule has 2 aromatic heterocycles. The van der Waals surface area contributed by atoms with E-state index < -0.39 is 5.41 Å². The molecular weight excluding hydrogens is 969 g/mol. The highest BCUT2D eigenvalue weighted by atomic mass is 16.3. The van der Waals surface area contributed by atoms with Gasteiger partial charge in [-0.25, -0.2) is 0 Å². The van der Waals surface area contributed by atoms with Gasteiger partial charge in [-0.05, 0) is 156 Å². The van der Waals surface area contributed by atoms with Gasteiger partial charge >= 0.3 is 0 Å². The summed E-state index contributed by atoms with van der Waals surface area (Å²) in [4.78, 5) is 2.43. The topological polar surface area (TPSA) is 21.3 Å². The maximum Gasteiger partial charge on any atom is 0.135 e. The van der Waals surface area contributed by atoms with Crippen molar-refractivity contribution >= 4 is 71.6 Å². The molecule has 0 N–H and O–H groups in total. The van der Waals surface area contributed by atoms with Gasteiger partial charge in [0.2, 0.25) is 0 Å². The number of benzene rings is 13. The summed E-state index contributed by atoms with van der Waals surface area (Å²) in [6.45, 7) is 0. The molecule has 2 aliphatic rings. The van der Waals surface area contributed by atoms with Crippen molar-refractivity contribution in [3.05, 3.63) is 313 Å². The second-order valence-corrected chi connectivity index (χ2v) is 21.5. The molecule has 80 heavy (non-hydrogen) atoms. The first-order valence-corrected chi connectivity index (χ1v) is 27.6. The summed E-state index contributed by atoms with van der Waals surface area (Å²) in [5.74, 6) is 0. The molecule has 0 fully saturated rings. The normalized spacial score (nSPS) is 14.1. The number of para-hydroxylation sites is 3. The van der Waals surface area contributed by atoms with Gasteiger partial charge in [0.1, 0.15) is 11.2 Å². The fourth-order valence-corrected chi connectivity index (χ4v) is 14.0. The van der Waals surface area contributed by atoms with Crippen molar-refractivity contribution in [2.24, 2.45) is 0 Å². The van der Waals surface area contributed by atoms with Crippen molar-refractivity contribution in [1.82, 2.24) is 4.57 Å². The second kappa shape index (κ2) is 17.3. The largest absolute Gasteiger partial charge is 0.456 e. The summed E-state index contributed by atoms with van der Waals surface area (Å²) < 4.78 is 9.05. The van der Waals surface area contributed by atoms with Crippen LogP contribution in [0.4, 0.5) is 17.1 Å². The number of anilines is 3. The lowest BCUT2D eigenvalue weighted by molar-refractivity contribution is 0.666. The van der Waals surface area contributed by atoms with Crippen LogP contribution in [0.1, 0.15) is 22.3 Å². The Morgan fingerprint density at radius 1 is 0.287 bits per heavy atom. The molecule has 1 atom stereocenters. The van der Waals surface area contributed by atoms with Gasteiger partial charge in [-0.15, -0.1) is 0 Å². The molecule has 0 saturated carbocycles. The molecule has 15 aromatic rings. The Kier molecular flexibility index (Phi) is 9.63. The zero-order valence-electron chi connectivity index (χ0n) is 43.5. The number of furan rings is 1. The SMILES string of the molecule is c1ccc(-c2ccc(N(c3ccc(-c4ccc(-n5c6ccccc6c6ccccc65)cc4)cc3)c3ccc(-c4cccc5c4-c4ccccc4C54c5ccccc5-c5cc6c(cc54)oc4ccccc46)c4ccccc34)cc2)cc1. The number of hydrogen-bond donors (Lipinski definition) is 0. The van der Waals surface area contributed by atoms with Gasteiger partial charge in [0.05, 0.1) is 22.1 Å². The lowest BCUT2D eigenvalue weighted by Crippen LogP contribution is -2.25. The van der Waals surface area contributed by atoms with Gasteiger partial charge in [-0.3, -0.25) is 0 Å². The van der Waals surface area contributed by atoms with Crippen molar-refractivity contribution in [3.8, 4) is 61.3 Å². The Balaban J connectivity index is 0.807. The molecular formula is C77H48N2O. The predicted octanol–water partition coefficient (Wildman–Crippen LogP) is 20.7. The number of nitrogens with zero attached hydrogens (tertiary/aromatic N) is 2. The Morgan fingerprint density at radius 2 is 0.800 bits per heavy atom. The molecule has 17 rings (SSSR count). The van der Waals surface area contributed by atoms with E-state index in [4.69, 9.17) is 4.42 Å². The summed E-state index contributed by atoms with van der Waals surface area (Å²) in [6, 6.07) is 107. The highest BCUT2D eigenvalue weighted by molar-refractivity contribution is 6.13. The highest BCUT2D eigenvalue weighted by Gasteiger charge is 2.52. The minimum atomic E-state index is -0.542. The Hall–Kier alpha value is -10.5. The van der Waals surface area contributed by atoms with E-state index in [0.717, 1.165) is 50.3 Å². The maximum atomic E-state index is 6.68. The van der Waals surface area contributed by atoms with Crippen LogP contribution in [0.3, 0.4) is 0 Å². The Labute approximate surface area is 463 Å². The van der Waals surface area contributed by atoms with Gasteiger partial charge in [0, 0.05) is 44.0 Å². The molecule has 0 aliphatic heterocycles. The summed E-state index contributed by atoms with van der Waals surface area (Å²) >= 11 is 0. The first kappa shape index (κ1) is 44.6. The van der Waals surface area contributed by atoms with E-state index >= 15 is 0 Å². The molecule has 0 bridgehead atoms. The van der Waals surface area contributed by atoms with Crippen LogP contribution in [0.5, 0.6) is 0 Å². The van der Waals surface area contributed by atoms with E-state index in [1.807, 2.05) is 0 Å². The Bertz CT molecular complexity index is 4930.